The highest BCUT2D eigenvalue weighted by Gasteiger charge is 2.60. The first-order chi connectivity index (χ1) is 11.1. The first kappa shape index (κ1) is 21.0. The molecule has 3 unspecified atom stereocenters. The van der Waals surface area contributed by atoms with Crippen molar-refractivity contribution in [3.8, 4) is 0 Å². The third-order valence-electron chi connectivity index (χ3n) is 6.14. The summed E-state index contributed by atoms with van der Waals surface area (Å²) in [6.07, 6.45) is 14.5. The van der Waals surface area contributed by atoms with Gasteiger partial charge in [-0.2, -0.15) is 0 Å². The first-order valence-corrected chi connectivity index (χ1v) is 17.9. The molecule has 0 amide bonds. The molecule has 0 aromatic carbocycles. The average molecular weight is 392 g/mol. The zero-order valence-corrected chi connectivity index (χ0v) is 20.2. The van der Waals surface area contributed by atoms with Gasteiger partial charge >= 0.3 is 8.72 Å². The van der Waals surface area contributed by atoms with E-state index < -0.39 is 26.8 Å². The summed E-state index contributed by atoms with van der Waals surface area (Å²) in [6.45, 7) is 9.95. The maximum atomic E-state index is 6.42. The quantitative estimate of drug-likeness (QED) is 0.633. The maximum absolute atomic E-state index is 6.42. The average Bonchev–Trinajstić information content (AvgIpc) is 2.49. The summed E-state index contributed by atoms with van der Waals surface area (Å²) >= 11 is 0. The van der Waals surface area contributed by atoms with Gasteiger partial charge in [0.05, 0.1) is 8.07 Å². The highest BCUT2D eigenvalue weighted by atomic mass is 32.3. The Morgan fingerprint density at radius 1 is 0.917 bits per heavy atom. The van der Waals surface area contributed by atoms with Crippen molar-refractivity contribution in [3.05, 3.63) is 0 Å². The molecule has 24 heavy (non-hydrogen) atoms. The van der Waals surface area contributed by atoms with E-state index in [4.69, 9.17) is 8.85 Å². The monoisotopic (exact) mass is 391 g/mol. The molecule has 2 fully saturated rings. The molecule has 1 heterocycles. The third-order valence-corrected chi connectivity index (χ3v) is 23.2. The normalized spacial score (nSPS) is 29.2. The molecule has 2 rings (SSSR count). The molecular formula is C18H41NO2SSi2. The molecule has 0 aromatic rings. The van der Waals surface area contributed by atoms with E-state index in [0.29, 0.717) is 4.50 Å². The van der Waals surface area contributed by atoms with Gasteiger partial charge in [-0.15, -0.1) is 0 Å². The van der Waals surface area contributed by atoms with Crippen LogP contribution in [-0.2, 0) is 8.85 Å². The van der Waals surface area contributed by atoms with Gasteiger partial charge in [-0.05, 0) is 56.5 Å². The lowest BCUT2D eigenvalue weighted by Crippen LogP contribution is -2.73. The number of hydrogen-bond donors (Lipinski definition) is 0. The molecule has 3 atom stereocenters. The number of nitrogens with zero attached hydrogens (tertiary/aromatic N) is 1. The van der Waals surface area contributed by atoms with Crippen LogP contribution in [0.4, 0.5) is 0 Å². The van der Waals surface area contributed by atoms with Gasteiger partial charge in [0.25, 0.3) is 0 Å². The Labute approximate surface area is 154 Å². The number of piperidine rings is 1. The molecule has 3 nitrogen and oxygen atoms in total. The van der Waals surface area contributed by atoms with E-state index in [9.17, 15) is 0 Å². The van der Waals surface area contributed by atoms with Crippen molar-refractivity contribution in [2.24, 2.45) is 11.8 Å². The van der Waals surface area contributed by atoms with Crippen molar-refractivity contribution in [1.82, 2.24) is 4.57 Å². The molecule has 1 saturated heterocycles. The van der Waals surface area contributed by atoms with Crippen LogP contribution in [0.3, 0.4) is 0 Å². The molecule has 0 spiro atoms. The standard InChI is InChI=1S/C18H41NO2SSi2/c1-20-24(21-2,18(22(3,4)5)23(6,7)8)19-14-13-16-11-9-10-12-17(16)15-19/h16-18H,9-15H2,1-8H3. The van der Waals surface area contributed by atoms with Crippen LogP contribution >= 0.6 is 10.0 Å². The van der Waals surface area contributed by atoms with Crippen LogP contribution in [0.1, 0.15) is 32.1 Å². The van der Waals surface area contributed by atoms with E-state index in [1.807, 2.05) is 14.2 Å². The molecule has 0 N–H and O–H groups in total. The van der Waals surface area contributed by atoms with Crippen molar-refractivity contribution in [2.75, 3.05) is 46.1 Å². The molecule has 0 radical (unpaired) electrons. The van der Waals surface area contributed by atoms with Gasteiger partial charge in [0.15, 0.2) is 0 Å². The van der Waals surface area contributed by atoms with Crippen LogP contribution in [0.15, 0.2) is 0 Å². The lowest BCUT2D eigenvalue weighted by Gasteiger charge is -2.56. The van der Waals surface area contributed by atoms with Gasteiger partial charge in [0, 0.05) is 18.7 Å². The summed E-state index contributed by atoms with van der Waals surface area (Å²) in [5.41, 5.74) is 0. The Morgan fingerprint density at radius 2 is 1.46 bits per heavy atom. The highest BCUT2D eigenvalue weighted by molar-refractivity contribution is 8.34. The molecular weight excluding hydrogens is 350 g/mol. The fourth-order valence-corrected chi connectivity index (χ4v) is 26.7. The minimum atomic E-state index is -2.39. The molecule has 6 heteroatoms. The zero-order chi connectivity index (χ0) is 18.2. The summed E-state index contributed by atoms with van der Waals surface area (Å²) in [4.78, 5) is 0. The fourth-order valence-electron chi connectivity index (χ4n) is 5.66. The lowest BCUT2D eigenvalue weighted by atomic mass is 9.76. The summed E-state index contributed by atoms with van der Waals surface area (Å²) < 4.78 is 16.2. The van der Waals surface area contributed by atoms with E-state index in [-0.39, 0.29) is 0 Å². The molecule has 1 saturated carbocycles. The van der Waals surface area contributed by atoms with Gasteiger partial charge in [0.2, 0.25) is 0 Å². The summed E-state index contributed by atoms with van der Waals surface area (Å²) in [5.74, 6) is 1.84. The van der Waals surface area contributed by atoms with E-state index in [0.717, 1.165) is 11.8 Å². The van der Waals surface area contributed by atoms with E-state index in [2.05, 4.69) is 43.0 Å². The Balaban J connectivity index is 2.35. The third kappa shape index (κ3) is 4.14. The maximum Gasteiger partial charge on any atom is 0.436 e. The highest BCUT2D eigenvalue weighted by Crippen LogP contribution is 2.51. The Hall–Kier alpha value is 0.664. The minimum absolute atomic E-state index is 0.632. The van der Waals surface area contributed by atoms with E-state index >= 15 is 0 Å². The van der Waals surface area contributed by atoms with Crippen molar-refractivity contribution in [1.29, 1.82) is 0 Å². The second-order valence-corrected chi connectivity index (χ2v) is 24.1. The van der Waals surface area contributed by atoms with Gasteiger partial charge in [0.1, 0.15) is 0 Å². The van der Waals surface area contributed by atoms with Crippen molar-refractivity contribution in [2.45, 2.75) is 56.2 Å². The van der Waals surface area contributed by atoms with Gasteiger partial charge in [-0.25, -0.2) is 10.0 Å². The summed E-state index contributed by atoms with van der Waals surface area (Å²) in [7, 11) is -0.695. The molecule has 1 aliphatic carbocycles. The smallest absolute Gasteiger partial charge is 0.386 e. The van der Waals surface area contributed by atoms with Crippen molar-refractivity contribution < 1.29 is 8.85 Å². The molecule has 144 valence electrons. The largest absolute Gasteiger partial charge is 0.436 e. The summed E-state index contributed by atoms with van der Waals surface area (Å²) in [6, 6.07) is 0. The topological polar surface area (TPSA) is 21.7 Å². The number of fused-ring (bicyclic) bond motifs is 1. The number of hydrogen-bond acceptors (Lipinski definition) is 3. The van der Waals surface area contributed by atoms with E-state index in [1.54, 1.807) is 0 Å². The Kier molecular flexibility index (Phi) is 6.75. The summed E-state index contributed by atoms with van der Waals surface area (Å²) in [5, 5.41) is 0. The van der Waals surface area contributed by atoms with Crippen LogP contribution in [0.5, 0.6) is 0 Å². The predicted octanol–water partition coefficient (Wildman–Crippen LogP) is 4.21. The first-order valence-electron chi connectivity index (χ1n) is 9.58. The minimum Gasteiger partial charge on any atom is -0.386 e. The van der Waals surface area contributed by atoms with Crippen molar-refractivity contribution >= 4 is 26.8 Å². The number of rotatable bonds is 6. The molecule has 2 aliphatic rings. The predicted molar refractivity (Wildman–Crippen MR) is 114 cm³/mol. The fraction of sp³-hybridized carbons (Fsp3) is 1.00. The lowest BCUT2D eigenvalue weighted by molar-refractivity contribution is 0.0815. The van der Waals surface area contributed by atoms with Gasteiger partial charge in [-0.1, -0.05) is 38.9 Å². The Morgan fingerprint density at radius 3 is 1.92 bits per heavy atom. The second kappa shape index (κ2) is 7.73. The molecule has 0 bridgehead atoms. The van der Waals surface area contributed by atoms with E-state index in [1.165, 1.54) is 45.2 Å². The van der Waals surface area contributed by atoms with Gasteiger partial charge < -0.3 is 8.85 Å². The molecule has 1 aliphatic heterocycles. The van der Waals surface area contributed by atoms with Crippen molar-refractivity contribution in [3.63, 3.8) is 0 Å². The Bertz CT molecular complexity index is 404. The SMILES string of the molecule is CO[Si](OC)(C([Si](C)(C)C)S(C)(C)C)N1CCC2CCCCC2C1. The van der Waals surface area contributed by atoms with Crippen LogP contribution in [0.2, 0.25) is 19.6 Å². The zero-order valence-electron chi connectivity index (χ0n) is 17.4. The molecule has 0 aromatic heterocycles. The van der Waals surface area contributed by atoms with Gasteiger partial charge in [-0.3, -0.25) is 4.57 Å². The van der Waals surface area contributed by atoms with Crippen LogP contribution < -0.4 is 0 Å². The second-order valence-electron chi connectivity index (χ2n) is 9.76. The van der Waals surface area contributed by atoms with Crippen LogP contribution in [0, 0.1) is 11.8 Å². The van der Waals surface area contributed by atoms with Crippen LogP contribution in [-0.4, -0.2) is 71.9 Å². The van der Waals surface area contributed by atoms with Crippen LogP contribution in [0.25, 0.3) is 0 Å².